The minimum Gasteiger partial charge on any atom is -0.338 e. The lowest BCUT2D eigenvalue weighted by Gasteiger charge is -2.34. The standard InChI is InChI=1S/C21H26N6O2S/c1-30-16-5-6-18-17(15-16)19(28)27(21(29)24-18)10-3-2-9-25-11-13-26(14-12-25)20-22-7-4-8-23-20/h4-8,15H,2-3,9-14H2,1H3,(H,24,29). The van der Waals surface area contributed by atoms with Crippen molar-refractivity contribution in [2.24, 2.45) is 0 Å². The summed E-state index contributed by atoms with van der Waals surface area (Å²) < 4.78 is 1.33. The van der Waals surface area contributed by atoms with Gasteiger partial charge in [0.2, 0.25) is 5.95 Å². The van der Waals surface area contributed by atoms with Crippen molar-refractivity contribution in [2.45, 2.75) is 24.3 Å². The zero-order valence-electron chi connectivity index (χ0n) is 17.1. The Bertz CT molecular complexity index is 1110. The molecule has 30 heavy (non-hydrogen) atoms. The predicted molar refractivity (Wildman–Crippen MR) is 121 cm³/mol. The van der Waals surface area contributed by atoms with Gasteiger partial charge in [0.1, 0.15) is 0 Å². The average Bonchev–Trinajstić information content (AvgIpc) is 2.79. The number of aromatic nitrogens is 4. The normalized spacial score (nSPS) is 15.0. The molecule has 1 saturated heterocycles. The molecule has 1 aliphatic rings. The van der Waals surface area contributed by atoms with Gasteiger partial charge in [-0.1, -0.05) is 0 Å². The fourth-order valence-corrected chi connectivity index (χ4v) is 4.23. The maximum Gasteiger partial charge on any atom is 0.328 e. The number of nitrogens with zero attached hydrogens (tertiary/aromatic N) is 5. The molecule has 158 valence electrons. The Kier molecular flexibility index (Phi) is 6.49. The van der Waals surface area contributed by atoms with E-state index in [1.54, 1.807) is 30.2 Å². The van der Waals surface area contributed by atoms with Crippen LogP contribution in [0.15, 0.2) is 51.1 Å². The lowest BCUT2D eigenvalue weighted by Crippen LogP contribution is -2.47. The Morgan fingerprint density at radius 1 is 1.03 bits per heavy atom. The van der Waals surface area contributed by atoms with Gasteiger partial charge >= 0.3 is 5.69 Å². The van der Waals surface area contributed by atoms with E-state index in [4.69, 9.17) is 0 Å². The first kappa shape index (κ1) is 20.6. The topological polar surface area (TPSA) is 87.1 Å². The molecule has 1 aromatic carbocycles. The molecule has 8 nitrogen and oxygen atoms in total. The molecule has 0 amide bonds. The number of hydrogen-bond donors (Lipinski definition) is 1. The van der Waals surface area contributed by atoms with Crippen LogP contribution < -0.4 is 16.1 Å². The molecule has 0 aliphatic carbocycles. The average molecular weight is 427 g/mol. The highest BCUT2D eigenvalue weighted by Crippen LogP contribution is 2.17. The highest BCUT2D eigenvalue weighted by molar-refractivity contribution is 7.98. The Morgan fingerprint density at radius 3 is 2.50 bits per heavy atom. The zero-order valence-corrected chi connectivity index (χ0v) is 17.9. The van der Waals surface area contributed by atoms with Gasteiger partial charge in [0.25, 0.3) is 5.56 Å². The van der Waals surface area contributed by atoms with E-state index in [0.717, 1.165) is 56.4 Å². The van der Waals surface area contributed by atoms with Crippen LogP contribution in [0.1, 0.15) is 12.8 Å². The van der Waals surface area contributed by atoms with Crippen LogP contribution in [-0.4, -0.2) is 63.4 Å². The molecule has 0 unspecified atom stereocenters. The number of benzene rings is 1. The van der Waals surface area contributed by atoms with E-state index in [-0.39, 0.29) is 11.2 Å². The van der Waals surface area contributed by atoms with E-state index in [0.29, 0.717) is 17.4 Å². The summed E-state index contributed by atoms with van der Waals surface area (Å²) in [5.74, 6) is 0.789. The quantitative estimate of drug-likeness (QED) is 0.455. The van der Waals surface area contributed by atoms with Gasteiger partial charge < -0.3 is 9.88 Å². The monoisotopic (exact) mass is 426 g/mol. The van der Waals surface area contributed by atoms with Crippen LogP contribution in [-0.2, 0) is 6.54 Å². The van der Waals surface area contributed by atoms with Crippen molar-refractivity contribution in [2.75, 3.05) is 43.9 Å². The highest BCUT2D eigenvalue weighted by atomic mass is 32.2. The van der Waals surface area contributed by atoms with Crippen LogP contribution in [0.25, 0.3) is 10.9 Å². The summed E-state index contributed by atoms with van der Waals surface area (Å²) in [5.41, 5.74) is 0.0568. The Morgan fingerprint density at radius 2 is 1.77 bits per heavy atom. The number of fused-ring (bicyclic) bond motifs is 1. The van der Waals surface area contributed by atoms with Gasteiger partial charge in [-0.15, -0.1) is 11.8 Å². The third-order valence-corrected chi connectivity index (χ3v) is 6.23. The van der Waals surface area contributed by atoms with Gasteiger partial charge in [0.05, 0.1) is 10.9 Å². The van der Waals surface area contributed by atoms with Crippen molar-refractivity contribution in [1.29, 1.82) is 0 Å². The Hall–Kier alpha value is -2.65. The van der Waals surface area contributed by atoms with E-state index < -0.39 is 0 Å². The minimum atomic E-state index is -0.333. The molecule has 0 radical (unpaired) electrons. The molecule has 0 spiro atoms. The smallest absolute Gasteiger partial charge is 0.328 e. The van der Waals surface area contributed by atoms with Gasteiger partial charge in [-0.3, -0.25) is 14.3 Å². The number of hydrogen-bond acceptors (Lipinski definition) is 7. The summed E-state index contributed by atoms with van der Waals surface area (Å²) >= 11 is 1.58. The van der Waals surface area contributed by atoms with Gasteiger partial charge in [-0.05, 0) is 49.9 Å². The molecule has 0 bridgehead atoms. The molecule has 1 fully saturated rings. The second kappa shape index (κ2) is 9.44. The number of aromatic amines is 1. The Balaban J connectivity index is 1.30. The molecule has 0 atom stereocenters. The molecule has 2 aromatic heterocycles. The molecule has 0 saturated carbocycles. The lowest BCUT2D eigenvalue weighted by molar-refractivity contribution is 0.250. The van der Waals surface area contributed by atoms with Crippen molar-refractivity contribution in [3.8, 4) is 0 Å². The van der Waals surface area contributed by atoms with Crippen LogP contribution >= 0.6 is 11.8 Å². The second-order valence-corrected chi connectivity index (χ2v) is 8.26. The summed E-state index contributed by atoms with van der Waals surface area (Å²) in [7, 11) is 0. The summed E-state index contributed by atoms with van der Waals surface area (Å²) in [4.78, 5) is 42.2. The van der Waals surface area contributed by atoms with Crippen LogP contribution in [0, 0.1) is 0 Å². The summed E-state index contributed by atoms with van der Waals surface area (Å²) in [5, 5.41) is 0.570. The molecule has 1 aliphatic heterocycles. The van der Waals surface area contributed by atoms with Crippen molar-refractivity contribution >= 4 is 28.6 Å². The number of thioether (sulfide) groups is 1. The van der Waals surface area contributed by atoms with Gasteiger partial charge in [-0.2, -0.15) is 0 Å². The molecular formula is C21H26N6O2S. The van der Waals surface area contributed by atoms with E-state index in [2.05, 4.69) is 24.8 Å². The number of piperazine rings is 1. The molecule has 3 heterocycles. The van der Waals surface area contributed by atoms with E-state index in [9.17, 15) is 9.59 Å². The van der Waals surface area contributed by atoms with Crippen LogP contribution in [0.2, 0.25) is 0 Å². The van der Waals surface area contributed by atoms with Crippen molar-refractivity contribution in [3.63, 3.8) is 0 Å². The first-order valence-corrected chi connectivity index (χ1v) is 11.4. The molecular weight excluding hydrogens is 400 g/mol. The summed E-state index contributed by atoms with van der Waals surface area (Å²) in [6.07, 6.45) is 7.24. The minimum absolute atomic E-state index is 0.207. The SMILES string of the molecule is CSc1ccc2[nH]c(=O)n(CCCCN3CCN(c4ncccn4)CC3)c(=O)c2c1. The van der Waals surface area contributed by atoms with E-state index in [1.165, 1.54) is 4.57 Å². The molecule has 3 aromatic rings. The van der Waals surface area contributed by atoms with Gasteiger partial charge in [0, 0.05) is 50.0 Å². The highest BCUT2D eigenvalue weighted by Gasteiger charge is 2.18. The largest absolute Gasteiger partial charge is 0.338 e. The maximum atomic E-state index is 12.8. The van der Waals surface area contributed by atoms with Gasteiger partial charge in [-0.25, -0.2) is 14.8 Å². The van der Waals surface area contributed by atoms with Crippen LogP contribution in [0.5, 0.6) is 0 Å². The zero-order chi connectivity index (χ0) is 20.9. The fraction of sp³-hybridized carbons (Fsp3) is 0.429. The van der Waals surface area contributed by atoms with Crippen LogP contribution in [0.4, 0.5) is 5.95 Å². The summed E-state index contributed by atoms with van der Waals surface area (Å²) in [6, 6.07) is 7.39. The van der Waals surface area contributed by atoms with E-state index in [1.807, 2.05) is 24.5 Å². The molecule has 4 rings (SSSR count). The first-order chi connectivity index (χ1) is 14.7. The summed E-state index contributed by atoms with van der Waals surface area (Å²) in [6.45, 7) is 5.14. The fourth-order valence-electron chi connectivity index (χ4n) is 3.79. The van der Waals surface area contributed by atoms with Crippen LogP contribution in [0.3, 0.4) is 0 Å². The van der Waals surface area contributed by atoms with Gasteiger partial charge in [0.15, 0.2) is 0 Å². The number of anilines is 1. The number of rotatable bonds is 7. The lowest BCUT2D eigenvalue weighted by atomic mass is 10.2. The number of nitrogens with one attached hydrogen (secondary N) is 1. The number of unbranched alkanes of at least 4 members (excludes halogenated alkanes) is 1. The van der Waals surface area contributed by atoms with Crippen molar-refractivity contribution in [1.82, 2.24) is 24.4 Å². The molecule has 1 N–H and O–H groups in total. The van der Waals surface area contributed by atoms with E-state index >= 15 is 0 Å². The van der Waals surface area contributed by atoms with Crippen molar-refractivity contribution in [3.05, 3.63) is 57.5 Å². The Labute approximate surface area is 179 Å². The van der Waals surface area contributed by atoms with Crippen molar-refractivity contribution < 1.29 is 0 Å². The first-order valence-electron chi connectivity index (χ1n) is 10.2. The maximum absolute atomic E-state index is 12.8. The molecule has 9 heteroatoms. The third-order valence-electron chi connectivity index (χ3n) is 5.50. The number of H-pyrrole nitrogens is 1. The predicted octanol–water partition coefficient (Wildman–Crippen LogP) is 1.80. The third kappa shape index (κ3) is 4.57. The second-order valence-electron chi connectivity index (χ2n) is 7.38.